The molecule has 6 nitrogen and oxygen atoms in total. The lowest BCUT2D eigenvalue weighted by molar-refractivity contribution is -0.133. The SMILES string of the molecule is Cc1cc(OCc2nc(S[C@@H](C)C(=O)N(C(C)C)C(C)C)n[nH]2)ccc1Cl. The molecule has 1 atom stereocenters. The average Bonchev–Trinajstić information content (AvgIpc) is 3.02. The summed E-state index contributed by atoms with van der Waals surface area (Å²) in [6.07, 6.45) is 0. The summed E-state index contributed by atoms with van der Waals surface area (Å²) in [6, 6.07) is 5.80. The van der Waals surface area contributed by atoms with Crippen LogP contribution in [0.4, 0.5) is 0 Å². The van der Waals surface area contributed by atoms with E-state index in [1.807, 2.05) is 58.6 Å². The van der Waals surface area contributed by atoms with Crippen molar-refractivity contribution in [3.05, 3.63) is 34.6 Å². The normalized spacial score (nSPS) is 12.5. The summed E-state index contributed by atoms with van der Waals surface area (Å²) in [5.74, 6) is 1.41. The number of nitrogens with zero attached hydrogens (tertiary/aromatic N) is 3. The van der Waals surface area contributed by atoms with Crippen LogP contribution < -0.4 is 4.74 Å². The summed E-state index contributed by atoms with van der Waals surface area (Å²) in [5.41, 5.74) is 0.954. The fourth-order valence-electron chi connectivity index (χ4n) is 2.78. The summed E-state index contributed by atoms with van der Waals surface area (Å²) in [7, 11) is 0. The number of hydrogen-bond acceptors (Lipinski definition) is 5. The second-order valence-corrected chi connectivity index (χ2v) is 8.67. The van der Waals surface area contributed by atoms with Gasteiger partial charge in [0, 0.05) is 17.1 Å². The van der Waals surface area contributed by atoms with Crippen molar-refractivity contribution in [3.63, 3.8) is 0 Å². The number of benzene rings is 1. The number of aromatic nitrogens is 3. The maximum absolute atomic E-state index is 12.7. The minimum absolute atomic E-state index is 0.0873. The van der Waals surface area contributed by atoms with E-state index in [2.05, 4.69) is 15.2 Å². The van der Waals surface area contributed by atoms with Gasteiger partial charge < -0.3 is 9.64 Å². The molecule has 1 heterocycles. The first-order valence-corrected chi connectivity index (χ1v) is 10.2. The van der Waals surface area contributed by atoms with Crippen molar-refractivity contribution in [1.82, 2.24) is 20.1 Å². The first kappa shape index (κ1) is 21.6. The van der Waals surface area contributed by atoms with E-state index in [-0.39, 0.29) is 29.8 Å². The Balaban J connectivity index is 1.94. The first-order chi connectivity index (χ1) is 12.7. The van der Waals surface area contributed by atoms with E-state index < -0.39 is 0 Å². The maximum atomic E-state index is 12.7. The molecular weight excluding hydrogens is 384 g/mol. The summed E-state index contributed by atoms with van der Waals surface area (Å²) in [4.78, 5) is 19.0. The molecule has 1 amide bonds. The van der Waals surface area contributed by atoms with Crippen LogP contribution in [-0.4, -0.2) is 43.3 Å². The number of halogens is 1. The van der Waals surface area contributed by atoms with Crippen LogP contribution in [0, 0.1) is 6.92 Å². The molecule has 0 bridgehead atoms. The van der Waals surface area contributed by atoms with E-state index >= 15 is 0 Å². The number of hydrogen-bond donors (Lipinski definition) is 1. The average molecular weight is 411 g/mol. The summed E-state index contributed by atoms with van der Waals surface area (Å²) in [5, 5.41) is 8.03. The van der Waals surface area contributed by atoms with Crippen molar-refractivity contribution >= 4 is 29.3 Å². The molecule has 1 N–H and O–H groups in total. The van der Waals surface area contributed by atoms with Gasteiger partial charge in [0.1, 0.15) is 12.4 Å². The Morgan fingerprint density at radius 3 is 2.52 bits per heavy atom. The van der Waals surface area contributed by atoms with Gasteiger partial charge in [0.05, 0.1) is 5.25 Å². The zero-order valence-electron chi connectivity index (χ0n) is 16.6. The van der Waals surface area contributed by atoms with Gasteiger partial charge in [-0.1, -0.05) is 23.4 Å². The standard InChI is InChI=1S/C19H27ClN4O2S/c1-11(2)24(12(3)4)18(25)14(6)27-19-21-17(22-23-19)10-26-15-7-8-16(20)13(5)9-15/h7-9,11-12,14H,10H2,1-6H3,(H,21,22,23)/t14-/m0/s1. The van der Waals surface area contributed by atoms with Gasteiger partial charge in [-0.15, -0.1) is 5.10 Å². The highest BCUT2D eigenvalue weighted by atomic mass is 35.5. The maximum Gasteiger partial charge on any atom is 0.236 e. The van der Waals surface area contributed by atoms with Gasteiger partial charge in [-0.3, -0.25) is 9.89 Å². The molecule has 0 saturated heterocycles. The second kappa shape index (κ2) is 9.46. The highest BCUT2D eigenvalue weighted by Crippen LogP contribution is 2.24. The molecule has 1 aromatic heterocycles. The molecule has 8 heteroatoms. The van der Waals surface area contributed by atoms with Crippen LogP contribution in [0.25, 0.3) is 0 Å². The first-order valence-electron chi connectivity index (χ1n) is 8.98. The van der Waals surface area contributed by atoms with E-state index in [0.29, 0.717) is 16.0 Å². The number of aromatic amines is 1. The van der Waals surface area contributed by atoms with E-state index in [9.17, 15) is 4.79 Å². The number of rotatable bonds is 8. The predicted octanol–water partition coefficient (Wildman–Crippen LogP) is 4.47. The number of H-pyrrole nitrogens is 1. The molecule has 0 aliphatic carbocycles. The van der Waals surface area contributed by atoms with Gasteiger partial charge in [0.2, 0.25) is 11.1 Å². The van der Waals surface area contributed by atoms with Crippen molar-refractivity contribution in [3.8, 4) is 5.75 Å². The molecule has 0 spiro atoms. The Kier molecular flexibility index (Phi) is 7.56. The number of carbonyl (C=O) groups excluding carboxylic acids is 1. The van der Waals surface area contributed by atoms with Crippen molar-refractivity contribution in [2.24, 2.45) is 0 Å². The number of thioether (sulfide) groups is 1. The molecule has 27 heavy (non-hydrogen) atoms. The minimum Gasteiger partial charge on any atom is -0.486 e. The van der Waals surface area contributed by atoms with Gasteiger partial charge in [0.15, 0.2) is 5.82 Å². The molecule has 0 aliphatic heterocycles. The topological polar surface area (TPSA) is 71.1 Å². The number of nitrogens with one attached hydrogen (secondary N) is 1. The molecule has 0 saturated carbocycles. The molecule has 2 aromatic rings. The minimum atomic E-state index is -0.265. The zero-order chi connectivity index (χ0) is 20.1. The Hall–Kier alpha value is -1.73. The highest BCUT2D eigenvalue weighted by Gasteiger charge is 2.26. The quantitative estimate of drug-likeness (QED) is 0.650. The third-order valence-electron chi connectivity index (χ3n) is 4.01. The monoisotopic (exact) mass is 410 g/mol. The van der Waals surface area contributed by atoms with E-state index in [4.69, 9.17) is 16.3 Å². The largest absolute Gasteiger partial charge is 0.486 e. The van der Waals surface area contributed by atoms with Crippen molar-refractivity contribution in [1.29, 1.82) is 0 Å². The van der Waals surface area contributed by atoms with Gasteiger partial charge in [-0.2, -0.15) is 0 Å². The lowest BCUT2D eigenvalue weighted by Crippen LogP contribution is -2.45. The highest BCUT2D eigenvalue weighted by molar-refractivity contribution is 8.00. The van der Waals surface area contributed by atoms with E-state index in [1.54, 1.807) is 6.07 Å². The lowest BCUT2D eigenvalue weighted by atomic mass is 10.2. The summed E-state index contributed by atoms with van der Waals surface area (Å²) >= 11 is 7.36. The Bertz CT molecular complexity index is 771. The van der Waals surface area contributed by atoms with Crippen molar-refractivity contribution < 1.29 is 9.53 Å². The van der Waals surface area contributed by atoms with Crippen LogP contribution in [0.1, 0.15) is 46.0 Å². The molecule has 0 fully saturated rings. The molecule has 2 rings (SSSR count). The zero-order valence-corrected chi connectivity index (χ0v) is 18.2. The van der Waals surface area contributed by atoms with E-state index in [0.717, 1.165) is 11.3 Å². The number of ether oxygens (including phenoxy) is 1. The van der Waals surface area contributed by atoms with Gasteiger partial charge >= 0.3 is 0 Å². The van der Waals surface area contributed by atoms with Crippen LogP contribution in [0.5, 0.6) is 5.75 Å². The Morgan fingerprint density at radius 1 is 1.26 bits per heavy atom. The van der Waals surface area contributed by atoms with Crippen molar-refractivity contribution in [2.45, 2.75) is 70.6 Å². The Labute approximate surface area is 170 Å². The van der Waals surface area contributed by atoms with Gasteiger partial charge in [-0.25, -0.2) is 4.98 Å². The number of aryl methyl sites for hydroxylation is 1. The molecule has 0 unspecified atom stereocenters. The third kappa shape index (κ3) is 5.87. The number of carbonyl (C=O) groups is 1. The molecule has 1 aromatic carbocycles. The fourth-order valence-corrected chi connectivity index (χ4v) is 3.69. The smallest absolute Gasteiger partial charge is 0.236 e. The third-order valence-corrected chi connectivity index (χ3v) is 5.39. The van der Waals surface area contributed by atoms with Crippen LogP contribution in [-0.2, 0) is 11.4 Å². The lowest BCUT2D eigenvalue weighted by Gasteiger charge is -2.32. The van der Waals surface area contributed by atoms with Gasteiger partial charge in [-0.05, 0) is 65.3 Å². The van der Waals surface area contributed by atoms with Crippen LogP contribution in [0.3, 0.4) is 0 Å². The molecular formula is C19H27ClN4O2S. The van der Waals surface area contributed by atoms with Crippen LogP contribution >= 0.6 is 23.4 Å². The Morgan fingerprint density at radius 2 is 1.93 bits per heavy atom. The number of amides is 1. The van der Waals surface area contributed by atoms with Crippen LogP contribution in [0.2, 0.25) is 5.02 Å². The predicted molar refractivity (Wildman–Crippen MR) is 109 cm³/mol. The second-order valence-electron chi connectivity index (χ2n) is 6.96. The molecule has 0 radical (unpaired) electrons. The van der Waals surface area contributed by atoms with Crippen LogP contribution in [0.15, 0.2) is 23.4 Å². The molecule has 148 valence electrons. The summed E-state index contributed by atoms with van der Waals surface area (Å²) in [6.45, 7) is 12.2. The van der Waals surface area contributed by atoms with Gasteiger partial charge in [0.25, 0.3) is 0 Å². The van der Waals surface area contributed by atoms with E-state index in [1.165, 1.54) is 11.8 Å². The summed E-state index contributed by atoms with van der Waals surface area (Å²) < 4.78 is 5.72. The van der Waals surface area contributed by atoms with Crippen molar-refractivity contribution in [2.75, 3.05) is 0 Å². The fraction of sp³-hybridized carbons (Fsp3) is 0.526. The molecule has 0 aliphatic rings.